The van der Waals surface area contributed by atoms with E-state index in [2.05, 4.69) is 36.4 Å². The van der Waals surface area contributed by atoms with E-state index in [1.165, 1.54) is 35.7 Å². The van der Waals surface area contributed by atoms with Gasteiger partial charge in [-0.3, -0.25) is 9.59 Å². The molecule has 1 heterocycles. The van der Waals surface area contributed by atoms with E-state index in [-0.39, 0.29) is 22.4 Å². The van der Waals surface area contributed by atoms with E-state index in [4.69, 9.17) is 9.47 Å². The molecule has 0 amide bonds. The maximum Gasteiger partial charge on any atom is 0.308 e. The molecule has 6 rings (SSSR count). The Labute approximate surface area is 183 Å². The number of esters is 2. The monoisotopic (exact) mass is 426 g/mol. The van der Waals surface area contributed by atoms with Crippen LogP contribution in [0.2, 0.25) is 0 Å². The number of benzene rings is 4. The Morgan fingerprint density at radius 2 is 1.19 bits per heavy atom. The maximum absolute atomic E-state index is 12.1. The first kappa shape index (κ1) is 18.5. The second-order valence-electron chi connectivity index (χ2n) is 7.91. The Hall–Kier alpha value is -3.31. The van der Waals surface area contributed by atoms with Crippen molar-refractivity contribution in [2.45, 2.75) is 24.3 Å². The molecule has 4 aromatic rings. The highest BCUT2D eigenvalue weighted by atomic mass is 32.2. The molecule has 0 spiro atoms. The standard InChI is InChI=1S/C26H18O4S/c1-13(27)29-23-16-9-3-4-10-17(16)24(30-14(2)28)22-21(23)25-18-11-5-7-15-8-6-12-19(20(15)18)26(22)31-25/h3-12,25-26H,1-2H3/t25-,26-/m0/s1. The number of fused-ring (bicyclic) bond motifs is 3. The second kappa shape index (κ2) is 6.59. The van der Waals surface area contributed by atoms with Crippen LogP contribution in [0.3, 0.4) is 0 Å². The molecule has 0 saturated carbocycles. The van der Waals surface area contributed by atoms with Crippen LogP contribution in [-0.4, -0.2) is 11.9 Å². The van der Waals surface area contributed by atoms with E-state index in [0.717, 1.165) is 21.9 Å². The average Bonchev–Trinajstić information content (AvgIpc) is 3.10. The van der Waals surface area contributed by atoms with E-state index < -0.39 is 0 Å². The third-order valence-electron chi connectivity index (χ3n) is 6.02. The predicted molar refractivity (Wildman–Crippen MR) is 122 cm³/mol. The van der Waals surface area contributed by atoms with Crippen molar-refractivity contribution in [3.63, 3.8) is 0 Å². The van der Waals surface area contributed by atoms with Gasteiger partial charge in [-0.05, 0) is 21.9 Å². The zero-order valence-corrected chi connectivity index (χ0v) is 17.8. The van der Waals surface area contributed by atoms with Gasteiger partial charge in [0.15, 0.2) is 0 Å². The SMILES string of the molecule is CC(=O)Oc1c2c(c(OC(C)=O)c3ccccc13)[C@H]1S[C@H]2c2cccc3cccc1c23. The van der Waals surface area contributed by atoms with Gasteiger partial charge in [-0.25, -0.2) is 0 Å². The third-order valence-corrected chi connectivity index (χ3v) is 7.54. The van der Waals surface area contributed by atoms with Crippen molar-refractivity contribution in [3.8, 4) is 11.5 Å². The molecule has 1 aliphatic heterocycles. The molecule has 0 fully saturated rings. The molecule has 0 unspecified atom stereocenters. The van der Waals surface area contributed by atoms with Gasteiger partial charge in [0.2, 0.25) is 0 Å². The first-order valence-corrected chi connectivity index (χ1v) is 11.1. The molecule has 4 nitrogen and oxygen atoms in total. The normalized spacial score (nSPS) is 18.1. The van der Waals surface area contributed by atoms with Gasteiger partial charge in [-0.2, -0.15) is 0 Å². The summed E-state index contributed by atoms with van der Waals surface area (Å²) in [5, 5.41) is 3.96. The number of carbonyl (C=O) groups is 2. The zero-order valence-electron chi connectivity index (χ0n) is 17.0. The van der Waals surface area contributed by atoms with Gasteiger partial charge < -0.3 is 9.47 Å². The van der Waals surface area contributed by atoms with Gasteiger partial charge in [-0.1, -0.05) is 60.7 Å². The van der Waals surface area contributed by atoms with Crippen molar-refractivity contribution in [1.29, 1.82) is 0 Å². The minimum absolute atomic E-state index is 0.00753. The Bertz CT molecular complexity index is 1340. The minimum Gasteiger partial charge on any atom is -0.426 e. The first-order chi connectivity index (χ1) is 15.0. The molecule has 2 bridgehead atoms. The van der Waals surface area contributed by atoms with Crippen molar-refractivity contribution >= 4 is 45.2 Å². The van der Waals surface area contributed by atoms with Crippen LogP contribution in [0, 0.1) is 0 Å². The Morgan fingerprint density at radius 1 is 0.710 bits per heavy atom. The molecule has 0 aromatic heterocycles. The Kier molecular flexibility index (Phi) is 3.93. The van der Waals surface area contributed by atoms with Crippen LogP contribution >= 0.6 is 11.8 Å². The average molecular weight is 426 g/mol. The highest BCUT2D eigenvalue weighted by Gasteiger charge is 2.45. The van der Waals surface area contributed by atoms with Crippen molar-refractivity contribution in [1.82, 2.24) is 0 Å². The van der Waals surface area contributed by atoms with Crippen LogP contribution in [0.15, 0.2) is 60.7 Å². The van der Waals surface area contributed by atoms with Gasteiger partial charge in [0.05, 0.1) is 10.5 Å². The van der Waals surface area contributed by atoms with Crippen molar-refractivity contribution in [2.24, 2.45) is 0 Å². The molecular formula is C26H18O4S. The van der Waals surface area contributed by atoms with Crippen LogP contribution in [-0.2, 0) is 9.59 Å². The molecule has 2 aliphatic rings. The molecule has 2 atom stereocenters. The van der Waals surface area contributed by atoms with Crippen molar-refractivity contribution < 1.29 is 19.1 Å². The fourth-order valence-electron chi connectivity index (χ4n) is 5.01. The lowest BCUT2D eigenvalue weighted by molar-refractivity contribution is -0.133. The van der Waals surface area contributed by atoms with Gasteiger partial charge >= 0.3 is 11.9 Å². The molecular weight excluding hydrogens is 408 g/mol. The maximum atomic E-state index is 12.1. The lowest BCUT2D eigenvalue weighted by atomic mass is 9.93. The molecule has 31 heavy (non-hydrogen) atoms. The largest absolute Gasteiger partial charge is 0.426 e. The number of rotatable bonds is 2. The molecule has 4 aromatic carbocycles. The van der Waals surface area contributed by atoms with Crippen LogP contribution in [0.25, 0.3) is 21.5 Å². The van der Waals surface area contributed by atoms with Crippen LogP contribution in [0.4, 0.5) is 0 Å². The summed E-state index contributed by atoms with van der Waals surface area (Å²) in [7, 11) is 0. The highest BCUT2D eigenvalue weighted by Crippen LogP contribution is 2.67. The van der Waals surface area contributed by atoms with E-state index >= 15 is 0 Å². The van der Waals surface area contributed by atoms with Crippen LogP contribution in [0.5, 0.6) is 11.5 Å². The summed E-state index contributed by atoms with van der Waals surface area (Å²) in [5.41, 5.74) is 4.27. The van der Waals surface area contributed by atoms with E-state index in [9.17, 15) is 9.59 Å². The summed E-state index contributed by atoms with van der Waals surface area (Å²) < 4.78 is 11.7. The third kappa shape index (κ3) is 2.56. The second-order valence-corrected chi connectivity index (χ2v) is 9.12. The number of carbonyl (C=O) groups excluding carboxylic acids is 2. The summed E-state index contributed by atoms with van der Waals surface area (Å²) >= 11 is 1.81. The lowest BCUT2D eigenvalue weighted by Crippen LogP contribution is -2.10. The predicted octanol–water partition coefficient (Wildman–Crippen LogP) is 6.08. The molecule has 0 radical (unpaired) electrons. The smallest absolute Gasteiger partial charge is 0.308 e. The molecule has 152 valence electrons. The summed E-state index contributed by atoms with van der Waals surface area (Å²) in [4.78, 5) is 24.2. The molecule has 0 saturated heterocycles. The van der Waals surface area contributed by atoms with Crippen molar-refractivity contribution in [3.05, 3.63) is 82.9 Å². The van der Waals surface area contributed by atoms with Crippen LogP contribution in [0.1, 0.15) is 46.6 Å². The number of hydrogen-bond acceptors (Lipinski definition) is 5. The van der Waals surface area contributed by atoms with E-state index in [1.54, 1.807) is 0 Å². The number of ether oxygens (including phenoxy) is 2. The van der Waals surface area contributed by atoms with Crippen molar-refractivity contribution in [2.75, 3.05) is 0 Å². The van der Waals surface area contributed by atoms with Crippen LogP contribution < -0.4 is 9.47 Å². The fourth-order valence-corrected chi connectivity index (χ4v) is 6.71. The zero-order chi connectivity index (χ0) is 21.3. The minimum atomic E-state index is -0.366. The first-order valence-electron chi connectivity index (χ1n) is 10.2. The number of hydrogen-bond donors (Lipinski definition) is 0. The summed E-state index contributed by atoms with van der Waals surface area (Å²) in [5.74, 6) is 0.405. The van der Waals surface area contributed by atoms with Gasteiger partial charge in [-0.15, -0.1) is 11.8 Å². The summed E-state index contributed by atoms with van der Waals surface area (Å²) in [6.07, 6.45) is 0. The number of thioether (sulfide) groups is 1. The molecule has 5 heteroatoms. The quantitative estimate of drug-likeness (QED) is 0.287. The lowest BCUT2D eigenvalue weighted by Gasteiger charge is -2.24. The Morgan fingerprint density at radius 3 is 1.65 bits per heavy atom. The van der Waals surface area contributed by atoms with Gasteiger partial charge in [0, 0.05) is 35.7 Å². The molecule has 1 aliphatic carbocycles. The molecule has 0 N–H and O–H groups in total. The Balaban J connectivity index is 1.78. The van der Waals surface area contributed by atoms with E-state index in [1.807, 2.05) is 36.0 Å². The van der Waals surface area contributed by atoms with Gasteiger partial charge in [0.25, 0.3) is 0 Å². The van der Waals surface area contributed by atoms with Gasteiger partial charge in [0.1, 0.15) is 11.5 Å². The highest BCUT2D eigenvalue weighted by molar-refractivity contribution is 8.00. The summed E-state index contributed by atoms with van der Waals surface area (Å²) in [6, 6.07) is 20.3. The topological polar surface area (TPSA) is 52.6 Å². The van der Waals surface area contributed by atoms with E-state index in [0.29, 0.717) is 11.5 Å². The summed E-state index contributed by atoms with van der Waals surface area (Å²) in [6.45, 7) is 2.84. The fraction of sp³-hybridized carbons (Fsp3) is 0.154.